The van der Waals surface area contributed by atoms with E-state index < -0.39 is 24.0 Å². The van der Waals surface area contributed by atoms with E-state index in [1.165, 1.54) is 4.90 Å². The molecule has 1 amide bonds. The lowest BCUT2D eigenvalue weighted by Crippen LogP contribution is -2.54. The summed E-state index contributed by atoms with van der Waals surface area (Å²) in [7, 11) is 0. The Kier molecular flexibility index (Phi) is 5.17. The highest BCUT2D eigenvalue weighted by Crippen LogP contribution is 2.22. The monoisotopic (exact) mass is 376 g/mol. The number of benzene rings is 1. The van der Waals surface area contributed by atoms with Crippen molar-refractivity contribution in [2.75, 3.05) is 6.26 Å². The van der Waals surface area contributed by atoms with Gasteiger partial charge < -0.3 is 19.3 Å². The van der Waals surface area contributed by atoms with E-state index in [9.17, 15) is 14.7 Å². The number of carbonyl (C=O) groups excluding carboxylic acids is 1. The van der Waals surface area contributed by atoms with Crippen molar-refractivity contribution in [1.82, 2.24) is 19.7 Å². The van der Waals surface area contributed by atoms with Crippen molar-refractivity contribution in [3.8, 4) is 5.75 Å². The highest BCUT2D eigenvalue weighted by molar-refractivity contribution is 7.98. The molecule has 26 heavy (non-hydrogen) atoms. The normalized spacial score (nSPS) is 17.5. The van der Waals surface area contributed by atoms with Crippen LogP contribution in [-0.4, -0.2) is 55.0 Å². The van der Waals surface area contributed by atoms with Gasteiger partial charge >= 0.3 is 5.97 Å². The highest BCUT2D eigenvalue weighted by Gasteiger charge is 2.38. The van der Waals surface area contributed by atoms with Gasteiger partial charge in [0.2, 0.25) is 0 Å². The summed E-state index contributed by atoms with van der Waals surface area (Å²) in [4.78, 5) is 26.9. The second-order valence-corrected chi connectivity index (χ2v) is 6.91. The Labute approximate surface area is 155 Å². The van der Waals surface area contributed by atoms with Crippen LogP contribution in [0.4, 0.5) is 0 Å². The number of ether oxygens (including phenoxy) is 1. The molecule has 0 saturated heterocycles. The van der Waals surface area contributed by atoms with Crippen molar-refractivity contribution in [3.05, 3.63) is 35.9 Å². The number of carboxylic acids is 1. The molecule has 1 aliphatic heterocycles. The van der Waals surface area contributed by atoms with E-state index >= 15 is 0 Å². The summed E-state index contributed by atoms with van der Waals surface area (Å²) >= 11 is 1.61. The van der Waals surface area contributed by atoms with E-state index in [1.54, 1.807) is 42.3 Å². The maximum absolute atomic E-state index is 12.8. The van der Waals surface area contributed by atoms with Crippen LogP contribution < -0.4 is 4.74 Å². The fourth-order valence-electron chi connectivity index (χ4n) is 2.90. The first kappa shape index (κ1) is 18.2. The number of aromatic nitrogens is 3. The number of hydrogen-bond acceptors (Lipinski definition) is 6. The Balaban J connectivity index is 1.76. The molecule has 0 aliphatic carbocycles. The van der Waals surface area contributed by atoms with Gasteiger partial charge in [0.25, 0.3) is 5.91 Å². The van der Waals surface area contributed by atoms with E-state index in [4.69, 9.17) is 4.74 Å². The summed E-state index contributed by atoms with van der Waals surface area (Å²) in [5, 5.41) is 17.5. The summed E-state index contributed by atoms with van der Waals surface area (Å²) < 4.78 is 7.45. The number of hydrogen-bond donors (Lipinski definition) is 1. The number of carboxylic acid groups (broad SMARTS) is 1. The van der Waals surface area contributed by atoms with Crippen LogP contribution in [0.25, 0.3) is 0 Å². The lowest BCUT2D eigenvalue weighted by molar-refractivity contribution is -0.155. The standard InChI is InChI=1S/C17H20N4O4S/c1-10(25-12-4-6-13(26-3)7-5-12)16(22)21-9-15-19-18-11(2)20(15)8-14(21)17(23)24/h4-7,10,14H,8-9H2,1-3H3,(H,23,24). The molecule has 1 aromatic carbocycles. The van der Waals surface area contributed by atoms with Crippen molar-refractivity contribution in [2.45, 2.75) is 44.0 Å². The van der Waals surface area contributed by atoms with E-state index in [0.29, 0.717) is 17.4 Å². The van der Waals surface area contributed by atoms with E-state index in [1.807, 2.05) is 18.4 Å². The Hall–Kier alpha value is -2.55. The largest absolute Gasteiger partial charge is 0.481 e. The van der Waals surface area contributed by atoms with Crippen LogP contribution in [0, 0.1) is 6.92 Å². The molecule has 8 nitrogen and oxygen atoms in total. The Morgan fingerprint density at radius 3 is 2.62 bits per heavy atom. The van der Waals surface area contributed by atoms with Gasteiger partial charge in [-0.25, -0.2) is 4.79 Å². The Bertz CT molecular complexity index is 821. The second-order valence-electron chi connectivity index (χ2n) is 6.03. The molecule has 2 atom stereocenters. The molecule has 1 aromatic heterocycles. The predicted octanol–water partition coefficient (Wildman–Crippen LogP) is 1.57. The smallest absolute Gasteiger partial charge is 0.328 e. The molecule has 0 bridgehead atoms. The van der Waals surface area contributed by atoms with Crippen LogP contribution in [0.15, 0.2) is 29.2 Å². The molecular weight excluding hydrogens is 356 g/mol. The molecule has 1 N–H and O–H groups in total. The number of rotatable bonds is 5. The minimum Gasteiger partial charge on any atom is -0.481 e. The molecule has 2 heterocycles. The molecule has 3 rings (SSSR count). The molecule has 0 fully saturated rings. The number of amides is 1. The zero-order chi connectivity index (χ0) is 18.8. The number of fused-ring (bicyclic) bond motifs is 1. The third kappa shape index (κ3) is 3.52. The van der Waals surface area contributed by atoms with Crippen LogP contribution in [0.2, 0.25) is 0 Å². The van der Waals surface area contributed by atoms with Gasteiger partial charge in [0.05, 0.1) is 13.1 Å². The van der Waals surface area contributed by atoms with Gasteiger partial charge in [-0.05, 0) is 44.4 Å². The van der Waals surface area contributed by atoms with Crippen LogP contribution in [0.5, 0.6) is 5.75 Å². The maximum Gasteiger partial charge on any atom is 0.328 e. The zero-order valence-corrected chi connectivity index (χ0v) is 15.6. The van der Waals surface area contributed by atoms with Crippen LogP contribution in [0.3, 0.4) is 0 Å². The number of aryl methyl sites for hydroxylation is 1. The minimum atomic E-state index is -1.06. The molecule has 1 aliphatic rings. The topological polar surface area (TPSA) is 97.5 Å². The van der Waals surface area contributed by atoms with Crippen molar-refractivity contribution >= 4 is 23.6 Å². The van der Waals surface area contributed by atoms with Gasteiger partial charge in [0.1, 0.15) is 17.6 Å². The molecule has 138 valence electrons. The second kappa shape index (κ2) is 7.36. The van der Waals surface area contributed by atoms with E-state index in [-0.39, 0.29) is 13.1 Å². The minimum absolute atomic E-state index is 0.0930. The molecule has 2 unspecified atom stereocenters. The summed E-state index contributed by atoms with van der Waals surface area (Å²) in [6.45, 7) is 3.60. The van der Waals surface area contributed by atoms with Crippen molar-refractivity contribution in [3.63, 3.8) is 0 Å². The molecule has 0 radical (unpaired) electrons. The van der Waals surface area contributed by atoms with Crippen molar-refractivity contribution in [1.29, 1.82) is 0 Å². The van der Waals surface area contributed by atoms with Gasteiger partial charge in [-0.15, -0.1) is 22.0 Å². The van der Waals surface area contributed by atoms with Gasteiger partial charge in [0, 0.05) is 4.90 Å². The molecule has 0 spiro atoms. The fraction of sp³-hybridized carbons (Fsp3) is 0.412. The van der Waals surface area contributed by atoms with Gasteiger partial charge in [-0.2, -0.15) is 0 Å². The molecule has 0 saturated carbocycles. The number of thioether (sulfide) groups is 1. The first-order valence-electron chi connectivity index (χ1n) is 8.13. The maximum atomic E-state index is 12.8. The number of carbonyl (C=O) groups is 2. The van der Waals surface area contributed by atoms with E-state index in [2.05, 4.69) is 10.2 Å². The number of nitrogens with zero attached hydrogens (tertiary/aromatic N) is 4. The number of aliphatic carboxylic acids is 1. The van der Waals surface area contributed by atoms with E-state index in [0.717, 1.165) is 4.90 Å². The summed E-state index contributed by atoms with van der Waals surface area (Å²) in [6.07, 6.45) is 1.16. The van der Waals surface area contributed by atoms with Crippen molar-refractivity contribution in [2.24, 2.45) is 0 Å². The van der Waals surface area contributed by atoms with Crippen LogP contribution in [0.1, 0.15) is 18.6 Å². The summed E-state index contributed by atoms with van der Waals surface area (Å²) in [6, 6.07) is 6.42. The van der Waals surface area contributed by atoms with Crippen LogP contribution in [-0.2, 0) is 22.7 Å². The van der Waals surface area contributed by atoms with Crippen LogP contribution >= 0.6 is 11.8 Å². The highest BCUT2D eigenvalue weighted by atomic mass is 32.2. The van der Waals surface area contributed by atoms with Gasteiger partial charge in [-0.1, -0.05) is 0 Å². The average Bonchev–Trinajstić information content (AvgIpc) is 3.00. The summed E-state index contributed by atoms with van der Waals surface area (Å²) in [5.74, 6) is 0.319. The fourth-order valence-corrected chi connectivity index (χ4v) is 3.31. The average molecular weight is 376 g/mol. The quantitative estimate of drug-likeness (QED) is 0.791. The Morgan fingerprint density at radius 1 is 1.31 bits per heavy atom. The lowest BCUT2D eigenvalue weighted by atomic mass is 10.1. The third-order valence-electron chi connectivity index (χ3n) is 4.34. The lowest BCUT2D eigenvalue weighted by Gasteiger charge is -2.34. The third-order valence-corrected chi connectivity index (χ3v) is 5.09. The SMILES string of the molecule is CSc1ccc(OC(C)C(=O)N2Cc3nnc(C)n3CC2C(=O)O)cc1. The van der Waals surface area contributed by atoms with Gasteiger partial charge in [-0.3, -0.25) is 4.79 Å². The zero-order valence-electron chi connectivity index (χ0n) is 14.7. The molecule has 9 heteroatoms. The predicted molar refractivity (Wildman–Crippen MR) is 95.0 cm³/mol. The first-order valence-corrected chi connectivity index (χ1v) is 9.36. The summed E-state index contributed by atoms with van der Waals surface area (Å²) in [5.41, 5.74) is 0. The molecular formula is C17H20N4O4S. The Morgan fingerprint density at radius 2 is 2.00 bits per heavy atom. The first-order chi connectivity index (χ1) is 12.4. The van der Waals surface area contributed by atoms with Crippen molar-refractivity contribution < 1.29 is 19.4 Å². The molecule has 2 aromatic rings. The van der Waals surface area contributed by atoms with Gasteiger partial charge in [0.15, 0.2) is 11.9 Å².